The lowest BCUT2D eigenvalue weighted by Gasteiger charge is -2.42. The molecule has 42 heavy (non-hydrogen) atoms. The van der Waals surface area contributed by atoms with E-state index in [-0.39, 0.29) is 13.1 Å². The molecule has 4 heterocycles. The molecule has 0 fully saturated rings. The zero-order chi connectivity index (χ0) is 29.5. The SMILES string of the molecule is COc1ccc2c(c1)N(C)CC(OC(=O)C(=O)OC1(C3=NCCN3)CN(C)c3cc(OC)ccc3S1)(C1=NCCN1)S2. The van der Waals surface area contributed by atoms with Gasteiger partial charge in [0.2, 0.25) is 9.87 Å². The number of thioether (sulfide) groups is 2. The topological polar surface area (TPSA) is 126 Å². The molecule has 0 bridgehead atoms. The second kappa shape index (κ2) is 11.1. The fraction of sp³-hybridized carbons (Fsp3) is 0.429. The third kappa shape index (κ3) is 5.06. The first kappa shape index (κ1) is 28.3. The number of likely N-dealkylation sites (N-methyl/N-ethyl adjacent to an activating group) is 2. The summed E-state index contributed by atoms with van der Waals surface area (Å²) in [5.74, 6) is 0.238. The van der Waals surface area contributed by atoms with Crippen molar-refractivity contribution in [3.05, 3.63) is 36.4 Å². The number of aliphatic imine (C=N–C) groups is 2. The lowest BCUT2D eigenvalue weighted by Crippen LogP contribution is -2.57. The number of hydrogen-bond donors (Lipinski definition) is 2. The van der Waals surface area contributed by atoms with Gasteiger partial charge in [-0.1, -0.05) is 23.5 Å². The van der Waals surface area contributed by atoms with Gasteiger partial charge in [-0.2, -0.15) is 0 Å². The molecule has 0 amide bonds. The van der Waals surface area contributed by atoms with Gasteiger partial charge in [0, 0.05) is 49.1 Å². The largest absolute Gasteiger partial charge is 0.497 e. The van der Waals surface area contributed by atoms with Crippen LogP contribution in [0.1, 0.15) is 0 Å². The fourth-order valence-corrected chi connectivity index (χ4v) is 8.21. The summed E-state index contributed by atoms with van der Waals surface area (Å²) in [7, 11) is 7.02. The maximum absolute atomic E-state index is 13.6. The van der Waals surface area contributed by atoms with Gasteiger partial charge < -0.3 is 39.4 Å². The van der Waals surface area contributed by atoms with Crippen LogP contribution in [0.2, 0.25) is 0 Å². The summed E-state index contributed by atoms with van der Waals surface area (Å²) in [4.78, 5) is 39.5. The first-order chi connectivity index (χ1) is 20.3. The van der Waals surface area contributed by atoms with Gasteiger partial charge in [0.1, 0.15) is 11.5 Å². The smallest absolute Gasteiger partial charge is 0.419 e. The highest BCUT2D eigenvalue weighted by Crippen LogP contribution is 2.49. The lowest BCUT2D eigenvalue weighted by molar-refractivity contribution is -0.172. The minimum absolute atomic E-state index is 0.259. The molecule has 0 aromatic heterocycles. The second-order valence-corrected chi connectivity index (χ2v) is 12.8. The third-order valence-corrected chi connectivity index (χ3v) is 9.95. The van der Waals surface area contributed by atoms with E-state index in [0.717, 1.165) is 21.2 Å². The molecule has 2 atom stereocenters. The number of amidine groups is 2. The summed E-state index contributed by atoms with van der Waals surface area (Å²) >= 11 is 2.67. The Morgan fingerprint density at radius 3 is 1.55 bits per heavy atom. The first-order valence-electron chi connectivity index (χ1n) is 13.5. The Balaban J connectivity index is 1.28. The summed E-state index contributed by atoms with van der Waals surface area (Å²) < 4.78 is 22.9. The van der Waals surface area contributed by atoms with Crippen LogP contribution in [0.4, 0.5) is 11.4 Å². The van der Waals surface area contributed by atoms with E-state index in [1.54, 1.807) is 14.2 Å². The van der Waals surface area contributed by atoms with Gasteiger partial charge >= 0.3 is 11.9 Å². The van der Waals surface area contributed by atoms with Crippen LogP contribution in [0.5, 0.6) is 11.5 Å². The number of fused-ring (bicyclic) bond motifs is 2. The molecule has 12 nitrogen and oxygen atoms in total. The number of nitrogens with zero attached hydrogens (tertiary/aromatic N) is 4. The molecule has 0 aliphatic carbocycles. The van der Waals surface area contributed by atoms with E-state index < -0.39 is 21.8 Å². The summed E-state index contributed by atoms with van der Waals surface area (Å²) in [6.07, 6.45) is 0. The monoisotopic (exact) mass is 612 g/mol. The molecule has 2 unspecified atom stereocenters. The maximum atomic E-state index is 13.6. The van der Waals surface area contributed by atoms with E-state index in [0.29, 0.717) is 49.3 Å². The number of rotatable bonds is 6. The molecule has 222 valence electrons. The van der Waals surface area contributed by atoms with Gasteiger partial charge in [-0.05, 0) is 24.3 Å². The van der Waals surface area contributed by atoms with Crippen molar-refractivity contribution in [2.24, 2.45) is 9.98 Å². The number of hydrogen-bond acceptors (Lipinski definition) is 14. The normalized spacial score (nSPS) is 24.4. The van der Waals surface area contributed by atoms with Gasteiger partial charge in [-0.25, -0.2) is 9.59 Å². The molecule has 0 saturated carbocycles. The molecular weight excluding hydrogens is 580 g/mol. The number of carbonyl (C=O) groups is 2. The number of anilines is 2. The van der Waals surface area contributed by atoms with Gasteiger partial charge in [0.05, 0.1) is 51.8 Å². The number of nitrogens with one attached hydrogen (secondary N) is 2. The number of methoxy groups -OCH3 is 2. The number of benzene rings is 2. The minimum atomic E-state index is -1.28. The third-order valence-electron chi connectivity index (χ3n) is 7.35. The Morgan fingerprint density at radius 1 is 0.762 bits per heavy atom. The maximum Gasteiger partial charge on any atom is 0.419 e. The Morgan fingerprint density at radius 2 is 1.19 bits per heavy atom. The lowest BCUT2D eigenvalue weighted by atomic mass is 10.2. The zero-order valence-electron chi connectivity index (χ0n) is 23.8. The van der Waals surface area contributed by atoms with Gasteiger partial charge in [-0.3, -0.25) is 9.98 Å². The zero-order valence-corrected chi connectivity index (χ0v) is 25.4. The van der Waals surface area contributed by atoms with Crippen LogP contribution in [0, 0.1) is 0 Å². The van der Waals surface area contributed by atoms with Crippen LogP contribution in [-0.4, -0.2) is 101 Å². The van der Waals surface area contributed by atoms with Gasteiger partial charge in [0.15, 0.2) is 11.7 Å². The molecule has 0 radical (unpaired) electrons. The van der Waals surface area contributed by atoms with Crippen molar-refractivity contribution in [1.82, 2.24) is 10.6 Å². The van der Waals surface area contributed by atoms with Crippen LogP contribution in [0.25, 0.3) is 0 Å². The van der Waals surface area contributed by atoms with E-state index in [1.807, 2.05) is 60.3 Å². The molecule has 2 aromatic carbocycles. The first-order valence-corrected chi connectivity index (χ1v) is 15.1. The van der Waals surface area contributed by atoms with Crippen molar-refractivity contribution >= 4 is 58.5 Å². The van der Waals surface area contributed by atoms with Crippen LogP contribution in [0.3, 0.4) is 0 Å². The van der Waals surface area contributed by atoms with E-state index >= 15 is 0 Å². The predicted molar refractivity (Wildman–Crippen MR) is 162 cm³/mol. The predicted octanol–water partition coefficient (Wildman–Crippen LogP) is 1.97. The van der Waals surface area contributed by atoms with E-state index in [4.69, 9.17) is 18.9 Å². The fourth-order valence-electron chi connectivity index (χ4n) is 5.37. The van der Waals surface area contributed by atoms with E-state index in [9.17, 15) is 9.59 Å². The van der Waals surface area contributed by atoms with Crippen molar-refractivity contribution in [1.29, 1.82) is 0 Å². The average Bonchev–Trinajstić information content (AvgIpc) is 3.73. The Bertz CT molecular complexity index is 1380. The highest BCUT2D eigenvalue weighted by molar-refractivity contribution is 8.01. The van der Waals surface area contributed by atoms with Crippen LogP contribution < -0.4 is 29.9 Å². The Kier molecular flexibility index (Phi) is 7.51. The minimum Gasteiger partial charge on any atom is -0.497 e. The van der Waals surface area contributed by atoms with E-state index in [2.05, 4.69) is 20.6 Å². The molecular formula is C28H32N6O6S2. The molecule has 2 aromatic rings. The quantitative estimate of drug-likeness (QED) is 0.366. The van der Waals surface area contributed by atoms with Crippen molar-refractivity contribution < 1.29 is 28.5 Å². The standard InChI is InChI=1S/C28H32N6O6S2/c1-33-15-27(25-29-9-10-30-25,41-21-7-5-17(37-3)13-19(21)33)39-23(35)24(36)40-28(26-31-11-12-32-26)16-34(2)20-14-18(38-4)6-8-22(20)42-28/h5-8,13-14H,9-12,15-16H2,1-4H3,(H,29,30)(H,31,32). The average molecular weight is 613 g/mol. The van der Waals surface area contributed by atoms with Crippen LogP contribution >= 0.6 is 23.5 Å². The summed E-state index contributed by atoms with van der Waals surface area (Å²) in [5.41, 5.74) is 1.85. The molecule has 0 saturated heterocycles. The summed E-state index contributed by atoms with van der Waals surface area (Å²) in [6, 6.07) is 11.4. The molecule has 2 N–H and O–H groups in total. The molecule has 4 aliphatic heterocycles. The van der Waals surface area contributed by atoms with Crippen LogP contribution in [-0.2, 0) is 19.1 Å². The van der Waals surface area contributed by atoms with Gasteiger partial charge in [-0.15, -0.1) is 0 Å². The summed E-state index contributed by atoms with van der Waals surface area (Å²) in [5, 5.41) is 6.49. The number of carbonyl (C=O) groups excluding carboxylic acids is 2. The van der Waals surface area contributed by atoms with Crippen molar-refractivity contribution in [3.8, 4) is 11.5 Å². The van der Waals surface area contributed by atoms with Crippen LogP contribution in [0.15, 0.2) is 56.2 Å². The molecule has 4 aliphatic rings. The Labute approximate surface area is 252 Å². The highest BCUT2D eigenvalue weighted by Gasteiger charge is 2.52. The number of ether oxygens (including phenoxy) is 4. The van der Waals surface area contributed by atoms with Crippen molar-refractivity contribution in [3.63, 3.8) is 0 Å². The van der Waals surface area contributed by atoms with E-state index in [1.165, 1.54) is 23.5 Å². The van der Waals surface area contributed by atoms with Crippen molar-refractivity contribution in [2.75, 3.05) is 77.4 Å². The second-order valence-electron chi connectivity index (χ2n) is 10.2. The van der Waals surface area contributed by atoms with Crippen molar-refractivity contribution in [2.45, 2.75) is 19.7 Å². The Hall–Kier alpha value is -3.78. The van der Waals surface area contributed by atoms with Gasteiger partial charge in [0.25, 0.3) is 0 Å². The molecule has 14 heteroatoms. The highest BCUT2D eigenvalue weighted by atomic mass is 32.2. The molecule has 6 rings (SSSR count). The summed E-state index contributed by atoms with van der Waals surface area (Å²) in [6.45, 7) is 2.83. The molecule has 0 spiro atoms. The number of esters is 2.